The number of likely N-dealkylation sites (tertiary alicyclic amines) is 1. The fourth-order valence-electron chi connectivity index (χ4n) is 4.23. The summed E-state index contributed by atoms with van der Waals surface area (Å²) in [6.45, 7) is 2.73. The third-order valence-corrected chi connectivity index (χ3v) is 5.57. The van der Waals surface area contributed by atoms with Crippen LogP contribution in [0.3, 0.4) is 0 Å². The van der Waals surface area contributed by atoms with E-state index in [0.29, 0.717) is 18.8 Å². The summed E-state index contributed by atoms with van der Waals surface area (Å²) in [5.74, 6) is 1.76. The second-order valence-electron chi connectivity index (χ2n) is 7.59. The predicted octanol–water partition coefficient (Wildman–Crippen LogP) is 3.84. The molecule has 0 aliphatic carbocycles. The first-order chi connectivity index (χ1) is 13.8. The molecule has 154 valence electrons. The number of imidazole rings is 1. The highest BCUT2D eigenvalue weighted by Gasteiger charge is 2.23. The summed E-state index contributed by atoms with van der Waals surface area (Å²) in [6, 6.07) is 18.4. The van der Waals surface area contributed by atoms with E-state index in [9.17, 15) is 4.79 Å². The Morgan fingerprint density at radius 1 is 1.14 bits per heavy atom. The monoisotopic (exact) mass is 412 g/mol. The maximum atomic E-state index is 12.9. The van der Waals surface area contributed by atoms with E-state index in [1.165, 1.54) is 6.42 Å². The van der Waals surface area contributed by atoms with E-state index in [1.54, 1.807) is 0 Å². The van der Waals surface area contributed by atoms with Gasteiger partial charge in [-0.05, 0) is 56.6 Å². The molecule has 0 saturated carbocycles. The minimum atomic E-state index is 0. The molecule has 1 aromatic heterocycles. The normalized spacial score (nSPS) is 16.6. The van der Waals surface area contributed by atoms with Crippen LogP contribution in [0.5, 0.6) is 0 Å². The van der Waals surface area contributed by atoms with Gasteiger partial charge in [-0.2, -0.15) is 0 Å². The zero-order valence-electron chi connectivity index (χ0n) is 16.9. The van der Waals surface area contributed by atoms with Crippen LogP contribution in [0.4, 0.5) is 0 Å². The molecule has 1 N–H and O–H groups in total. The average molecular weight is 413 g/mol. The van der Waals surface area contributed by atoms with Gasteiger partial charge < -0.3 is 10.2 Å². The van der Waals surface area contributed by atoms with Crippen molar-refractivity contribution in [3.05, 3.63) is 60.4 Å². The molecule has 0 spiro atoms. The number of rotatable bonds is 6. The molecule has 0 radical (unpaired) electrons. The van der Waals surface area contributed by atoms with Crippen molar-refractivity contribution >= 4 is 29.3 Å². The standard InChI is InChI=1S/C23H28N4O.ClH/c1-24-16-18-8-7-15-26(17-18)23(28)14-13-22-25-20-11-5-6-12-21(20)27(22)19-9-3-2-4-10-19;/h2-6,9-12,18,24H,7-8,13-17H2,1H3;1H. The van der Waals surface area contributed by atoms with E-state index in [2.05, 4.69) is 28.1 Å². The van der Waals surface area contributed by atoms with Gasteiger partial charge in [0.15, 0.2) is 0 Å². The van der Waals surface area contributed by atoms with Gasteiger partial charge >= 0.3 is 0 Å². The summed E-state index contributed by atoms with van der Waals surface area (Å²) in [5.41, 5.74) is 3.15. The molecular weight excluding hydrogens is 384 g/mol. The molecule has 1 atom stereocenters. The Bertz CT molecular complexity index is 938. The van der Waals surface area contributed by atoms with E-state index in [4.69, 9.17) is 4.98 Å². The van der Waals surface area contributed by atoms with Crippen molar-refractivity contribution in [2.24, 2.45) is 5.92 Å². The van der Waals surface area contributed by atoms with E-state index in [1.807, 2.05) is 48.3 Å². The van der Waals surface area contributed by atoms with Crippen LogP contribution in [0.15, 0.2) is 54.6 Å². The minimum absolute atomic E-state index is 0. The Hall–Kier alpha value is -2.37. The molecule has 3 aromatic rings. The van der Waals surface area contributed by atoms with Crippen LogP contribution in [-0.2, 0) is 11.2 Å². The Kier molecular flexibility index (Phi) is 7.29. The number of para-hydroxylation sites is 3. The van der Waals surface area contributed by atoms with Gasteiger partial charge in [-0.15, -0.1) is 12.4 Å². The molecule has 1 unspecified atom stereocenters. The number of hydrogen-bond acceptors (Lipinski definition) is 3. The van der Waals surface area contributed by atoms with Crippen molar-refractivity contribution in [3.63, 3.8) is 0 Å². The van der Waals surface area contributed by atoms with Gasteiger partial charge in [0, 0.05) is 31.6 Å². The highest BCUT2D eigenvalue weighted by atomic mass is 35.5. The molecule has 6 heteroatoms. The van der Waals surface area contributed by atoms with Crippen LogP contribution >= 0.6 is 12.4 Å². The lowest BCUT2D eigenvalue weighted by Gasteiger charge is -2.32. The molecule has 1 amide bonds. The summed E-state index contributed by atoms with van der Waals surface area (Å²) in [4.78, 5) is 19.7. The number of nitrogens with one attached hydrogen (secondary N) is 1. The summed E-state index contributed by atoms with van der Waals surface area (Å²) in [7, 11) is 1.98. The van der Waals surface area contributed by atoms with E-state index >= 15 is 0 Å². The number of aromatic nitrogens is 2. The lowest BCUT2D eigenvalue weighted by Crippen LogP contribution is -2.42. The highest BCUT2D eigenvalue weighted by Crippen LogP contribution is 2.23. The molecule has 1 saturated heterocycles. The number of amides is 1. The zero-order chi connectivity index (χ0) is 19.3. The van der Waals surface area contributed by atoms with Crippen molar-refractivity contribution < 1.29 is 4.79 Å². The van der Waals surface area contributed by atoms with Crippen LogP contribution in [0, 0.1) is 5.92 Å². The van der Waals surface area contributed by atoms with Gasteiger partial charge in [0.05, 0.1) is 11.0 Å². The molecule has 1 aliphatic heterocycles. The van der Waals surface area contributed by atoms with Crippen LogP contribution in [0.25, 0.3) is 16.7 Å². The van der Waals surface area contributed by atoms with Crippen molar-refractivity contribution in [1.29, 1.82) is 0 Å². The fraction of sp³-hybridized carbons (Fsp3) is 0.391. The third kappa shape index (κ3) is 4.80. The maximum Gasteiger partial charge on any atom is 0.223 e. The second-order valence-corrected chi connectivity index (χ2v) is 7.59. The van der Waals surface area contributed by atoms with Gasteiger partial charge in [0.1, 0.15) is 5.82 Å². The molecule has 4 rings (SSSR count). The van der Waals surface area contributed by atoms with Crippen LogP contribution in [-0.4, -0.2) is 47.0 Å². The van der Waals surface area contributed by atoms with Crippen molar-refractivity contribution in [1.82, 2.24) is 19.8 Å². The number of nitrogens with zero attached hydrogens (tertiary/aromatic N) is 3. The smallest absolute Gasteiger partial charge is 0.223 e. The Labute approximate surface area is 178 Å². The van der Waals surface area contributed by atoms with Crippen LogP contribution in [0.2, 0.25) is 0 Å². The fourth-order valence-corrected chi connectivity index (χ4v) is 4.23. The molecule has 2 heterocycles. The van der Waals surface area contributed by atoms with Gasteiger partial charge in [-0.25, -0.2) is 4.98 Å². The van der Waals surface area contributed by atoms with Crippen molar-refractivity contribution in [3.8, 4) is 5.69 Å². The quantitative estimate of drug-likeness (QED) is 0.669. The number of fused-ring (bicyclic) bond motifs is 1. The number of halogens is 1. The number of piperidine rings is 1. The van der Waals surface area contributed by atoms with E-state index < -0.39 is 0 Å². The molecule has 1 aliphatic rings. The molecule has 29 heavy (non-hydrogen) atoms. The lowest BCUT2D eigenvalue weighted by molar-refractivity contribution is -0.132. The number of hydrogen-bond donors (Lipinski definition) is 1. The molecule has 2 aromatic carbocycles. The van der Waals surface area contributed by atoms with Gasteiger partial charge in [0.25, 0.3) is 0 Å². The highest BCUT2D eigenvalue weighted by molar-refractivity contribution is 5.85. The third-order valence-electron chi connectivity index (χ3n) is 5.57. The van der Waals surface area contributed by atoms with E-state index in [-0.39, 0.29) is 18.3 Å². The first kappa shape index (κ1) is 21.3. The molecule has 5 nitrogen and oxygen atoms in total. The molecule has 1 fully saturated rings. The number of carbonyl (C=O) groups is 1. The minimum Gasteiger partial charge on any atom is -0.342 e. The summed E-state index contributed by atoms with van der Waals surface area (Å²) < 4.78 is 2.18. The maximum absolute atomic E-state index is 12.9. The summed E-state index contributed by atoms with van der Waals surface area (Å²) in [5, 5.41) is 3.24. The zero-order valence-corrected chi connectivity index (χ0v) is 17.7. The van der Waals surface area contributed by atoms with Gasteiger partial charge in [-0.3, -0.25) is 9.36 Å². The summed E-state index contributed by atoms with van der Waals surface area (Å²) in [6.07, 6.45) is 3.45. The number of carbonyl (C=O) groups excluding carboxylic acids is 1. The first-order valence-corrected chi connectivity index (χ1v) is 10.2. The first-order valence-electron chi connectivity index (χ1n) is 10.2. The van der Waals surface area contributed by atoms with Crippen LogP contribution in [0.1, 0.15) is 25.1 Å². The van der Waals surface area contributed by atoms with Gasteiger partial charge in [0.2, 0.25) is 5.91 Å². The topological polar surface area (TPSA) is 50.2 Å². The Morgan fingerprint density at radius 2 is 1.90 bits per heavy atom. The Morgan fingerprint density at radius 3 is 2.69 bits per heavy atom. The second kappa shape index (κ2) is 9.90. The molecule has 0 bridgehead atoms. The predicted molar refractivity (Wildman–Crippen MR) is 120 cm³/mol. The lowest BCUT2D eigenvalue weighted by atomic mass is 9.97. The number of benzene rings is 2. The Balaban J connectivity index is 0.00000240. The van der Waals surface area contributed by atoms with Crippen molar-refractivity contribution in [2.45, 2.75) is 25.7 Å². The van der Waals surface area contributed by atoms with Crippen LogP contribution < -0.4 is 5.32 Å². The van der Waals surface area contributed by atoms with E-state index in [0.717, 1.165) is 48.6 Å². The largest absolute Gasteiger partial charge is 0.342 e. The number of aryl methyl sites for hydroxylation is 1. The SMILES string of the molecule is CNCC1CCCN(C(=O)CCc2nc3ccccc3n2-c2ccccc2)C1.Cl. The molecular formula is C23H29ClN4O. The van der Waals surface area contributed by atoms with Gasteiger partial charge in [-0.1, -0.05) is 30.3 Å². The average Bonchev–Trinajstić information content (AvgIpc) is 3.11. The summed E-state index contributed by atoms with van der Waals surface area (Å²) >= 11 is 0. The van der Waals surface area contributed by atoms with Crippen molar-refractivity contribution in [2.75, 3.05) is 26.7 Å².